The summed E-state index contributed by atoms with van der Waals surface area (Å²) in [4.78, 5) is 4.03. The monoisotopic (exact) mass is 459 g/mol. The molecular weight excluding hydrogens is 432 g/mol. The Morgan fingerprint density at radius 3 is 2.41 bits per heavy atom. The van der Waals surface area contributed by atoms with E-state index in [1.54, 1.807) is 6.92 Å². The van der Waals surface area contributed by atoms with Crippen LogP contribution in [0.15, 0.2) is 21.1 Å². The number of hydrogen-bond acceptors (Lipinski definition) is 6. The number of nitrogens with zero attached hydrogens (tertiary/aromatic N) is 3. The second-order valence-electron chi connectivity index (χ2n) is 8.59. The van der Waals surface area contributed by atoms with Gasteiger partial charge in [0.15, 0.2) is 5.89 Å². The van der Waals surface area contributed by atoms with E-state index in [1.165, 1.54) is 17.3 Å². The average molecular weight is 460 g/mol. The molecule has 1 aromatic heterocycles. The Bertz CT molecular complexity index is 1120. The Hall–Kier alpha value is -2.59. The van der Waals surface area contributed by atoms with Gasteiger partial charge >= 0.3 is 10.2 Å². The molecule has 10 heteroatoms. The van der Waals surface area contributed by atoms with Gasteiger partial charge in [-0.2, -0.15) is 8.42 Å². The maximum absolute atomic E-state index is 13.3. The molecule has 9 nitrogen and oxygen atoms in total. The van der Waals surface area contributed by atoms with Gasteiger partial charge in [0.05, 0.1) is 18.3 Å². The lowest BCUT2D eigenvalue weighted by molar-refractivity contribution is -0.213. The van der Waals surface area contributed by atoms with E-state index in [-0.39, 0.29) is 5.88 Å². The van der Waals surface area contributed by atoms with Gasteiger partial charge in [0, 0.05) is 25.8 Å². The number of nitrogens with one attached hydrogen (secondary N) is 1. The van der Waals surface area contributed by atoms with Crippen molar-refractivity contribution in [2.75, 3.05) is 22.8 Å². The van der Waals surface area contributed by atoms with Crippen molar-refractivity contribution < 1.29 is 22.7 Å². The van der Waals surface area contributed by atoms with Crippen molar-refractivity contribution >= 4 is 27.8 Å². The fourth-order valence-corrected chi connectivity index (χ4v) is 6.34. The molecule has 1 N–H and O–H groups in total. The van der Waals surface area contributed by atoms with Gasteiger partial charge in [-0.1, -0.05) is 6.07 Å². The minimum Gasteiger partial charge on any atom is -0.845 e. The summed E-state index contributed by atoms with van der Waals surface area (Å²) in [5.74, 6) is 0.402. The van der Waals surface area contributed by atoms with Gasteiger partial charge in [0.2, 0.25) is 5.88 Å². The third-order valence-corrected chi connectivity index (χ3v) is 7.87. The Kier molecular flexibility index (Phi) is 5.58. The molecule has 0 bridgehead atoms. The Morgan fingerprint density at radius 2 is 1.81 bits per heavy atom. The summed E-state index contributed by atoms with van der Waals surface area (Å²) in [5.41, 5.74) is 5.52. The number of amidine groups is 1. The third kappa shape index (κ3) is 3.97. The van der Waals surface area contributed by atoms with Crippen LogP contribution in [0.1, 0.15) is 53.8 Å². The molecule has 1 aliphatic heterocycles. The molecule has 32 heavy (non-hydrogen) atoms. The van der Waals surface area contributed by atoms with Crippen LogP contribution in [0.2, 0.25) is 0 Å². The summed E-state index contributed by atoms with van der Waals surface area (Å²) in [6, 6.07) is 0.962. The van der Waals surface area contributed by atoms with E-state index in [1.807, 2.05) is 0 Å². The highest BCUT2D eigenvalue weighted by atomic mass is 32.2. The highest BCUT2D eigenvalue weighted by molar-refractivity contribution is 7.91. The summed E-state index contributed by atoms with van der Waals surface area (Å²) < 4.78 is 42.2. The minimum atomic E-state index is -4.35. The topological polar surface area (TPSA) is 120 Å². The van der Waals surface area contributed by atoms with E-state index in [0.717, 1.165) is 59.6 Å². The quantitative estimate of drug-likeness (QED) is 0.536. The first-order chi connectivity index (χ1) is 15.4. The number of ether oxygens (including phenoxy) is 1. The first kappa shape index (κ1) is 21.3. The summed E-state index contributed by atoms with van der Waals surface area (Å²) in [7, 11) is -4.35. The maximum atomic E-state index is 13.3. The molecule has 1 aromatic carbocycles. The molecule has 1 fully saturated rings. The number of rotatable bonds is 5. The zero-order valence-corrected chi connectivity index (χ0v) is 18.9. The number of hydrogen-bond donors (Lipinski definition) is 1. The van der Waals surface area contributed by atoms with Crippen LogP contribution in [0.5, 0.6) is 0 Å². The lowest BCUT2D eigenvalue weighted by Gasteiger charge is -2.31. The van der Waals surface area contributed by atoms with Crippen molar-refractivity contribution in [1.82, 2.24) is 4.98 Å². The van der Waals surface area contributed by atoms with Gasteiger partial charge in [-0.05, 0) is 73.6 Å². The van der Waals surface area contributed by atoms with E-state index in [0.29, 0.717) is 31.9 Å². The van der Waals surface area contributed by atoms with Gasteiger partial charge in [0.1, 0.15) is 0 Å². The molecule has 1 saturated heterocycles. The Balaban J connectivity index is 1.48. The first-order valence-electron chi connectivity index (χ1n) is 11.2. The van der Waals surface area contributed by atoms with Crippen LogP contribution in [0.3, 0.4) is 0 Å². The predicted octanol–water partition coefficient (Wildman–Crippen LogP) is 2.02. The van der Waals surface area contributed by atoms with Crippen molar-refractivity contribution in [3.05, 3.63) is 40.4 Å². The second-order valence-corrected chi connectivity index (χ2v) is 10.1. The molecule has 0 unspecified atom stereocenters. The molecule has 2 aromatic rings. The minimum absolute atomic E-state index is 0.0624. The molecule has 172 valence electrons. The van der Waals surface area contributed by atoms with Gasteiger partial charge < -0.3 is 19.6 Å². The molecule has 0 saturated carbocycles. The van der Waals surface area contributed by atoms with Crippen molar-refractivity contribution in [2.45, 2.75) is 64.3 Å². The van der Waals surface area contributed by atoms with Crippen molar-refractivity contribution in [1.29, 1.82) is 0 Å². The molecule has 2 heterocycles. The Labute approximate surface area is 187 Å². The maximum Gasteiger partial charge on any atom is 0.348 e. The van der Waals surface area contributed by atoms with Crippen molar-refractivity contribution in [2.24, 2.45) is 4.40 Å². The summed E-state index contributed by atoms with van der Waals surface area (Å²) in [5, 5.41) is 15.7. The van der Waals surface area contributed by atoms with Crippen LogP contribution < -0.4 is 14.7 Å². The van der Waals surface area contributed by atoms with Gasteiger partial charge in [-0.3, -0.25) is 0 Å². The molecule has 0 radical (unpaired) electrons. The lowest BCUT2D eigenvalue weighted by atomic mass is 9.99. The van der Waals surface area contributed by atoms with E-state index in [9.17, 15) is 13.5 Å². The van der Waals surface area contributed by atoms with Crippen LogP contribution in [-0.2, 0) is 40.6 Å². The fraction of sp³-hybridized carbons (Fsp3) is 0.545. The van der Waals surface area contributed by atoms with Crippen LogP contribution in [-0.4, -0.2) is 38.7 Å². The third-order valence-electron chi connectivity index (χ3n) is 6.50. The summed E-state index contributed by atoms with van der Waals surface area (Å²) in [6.07, 6.45) is 8.15. The van der Waals surface area contributed by atoms with Crippen molar-refractivity contribution in [3.8, 4) is 0 Å². The number of fused-ring (bicyclic) bond motifs is 2. The van der Waals surface area contributed by atoms with Gasteiger partial charge in [0.25, 0.3) is 0 Å². The van der Waals surface area contributed by atoms with E-state index >= 15 is 0 Å². The van der Waals surface area contributed by atoms with Crippen LogP contribution in [0.25, 0.3) is 0 Å². The first-order valence-corrected chi connectivity index (χ1v) is 12.6. The fourth-order valence-electron chi connectivity index (χ4n) is 5.10. The SMILES string of the molecule is Cc1ncc(N(C2CCOCC2)S(=O)(=O)/N=C(\[O-])Nc2c3c(cc4c2CCC4)CCC3)o1. The second kappa shape index (κ2) is 8.40. The zero-order chi connectivity index (χ0) is 22.3. The average Bonchev–Trinajstić information content (AvgIpc) is 3.49. The number of aryl methyl sites for hydroxylation is 3. The number of oxazole rings is 1. The van der Waals surface area contributed by atoms with Crippen LogP contribution >= 0.6 is 0 Å². The Morgan fingerprint density at radius 1 is 1.16 bits per heavy atom. The summed E-state index contributed by atoms with van der Waals surface area (Å²) >= 11 is 0. The van der Waals surface area contributed by atoms with Crippen LogP contribution in [0.4, 0.5) is 11.6 Å². The number of benzene rings is 1. The van der Waals surface area contributed by atoms with Crippen LogP contribution in [0, 0.1) is 6.92 Å². The van der Waals surface area contributed by atoms with E-state index in [2.05, 4.69) is 20.8 Å². The molecule has 5 rings (SSSR count). The number of anilines is 2. The molecule has 0 spiro atoms. The molecule has 3 aliphatic rings. The summed E-state index contributed by atoms with van der Waals surface area (Å²) in [6.45, 7) is 2.50. The van der Waals surface area contributed by atoms with E-state index in [4.69, 9.17) is 9.15 Å². The number of aromatic nitrogens is 1. The smallest absolute Gasteiger partial charge is 0.348 e. The van der Waals surface area contributed by atoms with Crippen molar-refractivity contribution in [3.63, 3.8) is 0 Å². The normalized spacial score (nSPS) is 19.1. The standard InChI is InChI=1S/C22H28N4O5S/c1-14-23-13-20(31-14)26(17-8-10-30-11-9-17)32(28,29)25-22(27)24-21-18-6-2-4-15(18)12-16-5-3-7-19(16)21/h12-13,17H,2-11H2,1H3,(H2,24,25,27)/p-1. The largest absolute Gasteiger partial charge is 0.845 e. The molecule has 0 amide bonds. The molecular formula is C22H27N4O5S-. The predicted molar refractivity (Wildman–Crippen MR) is 118 cm³/mol. The molecule has 0 atom stereocenters. The van der Waals surface area contributed by atoms with Gasteiger partial charge in [-0.15, -0.1) is 4.40 Å². The van der Waals surface area contributed by atoms with Gasteiger partial charge in [-0.25, -0.2) is 9.29 Å². The van der Waals surface area contributed by atoms with E-state index < -0.39 is 22.3 Å². The molecule has 2 aliphatic carbocycles. The lowest BCUT2D eigenvalue weighted by Crippen LogP contribution is -2.44. The highest BCUT2D eigenvalue weighted by Crippen LogP contribution is 2.38. The zero-order valence-electron chi connectivity index (χ0n) is 18.1. The highest BCUT2D eigenvalue weighted by Gasteiger charge is 2.34.